The number of thioether (sulfide) groups is 1. The molecule has 0 aliphatic rings. The quantitative estimate of drug-likeness (QED) is 0.564. The molecule has 0 aliphatic heterocycles. The van der Waals surface area contributed by atoms with Crippen LogP contribution in [0.5, 0.6) is 5.75 Å². The third kappa shape index (κ3) is 4.34. The zero-order valence-corrected chi connectivity index (χ0v) is 13.6. The molecule has 116 valence electrons. The van der Waals surface area contributed by atoms with Crippen molar-refractivity contribution < 1.29 is 5.11 Å². The largest absolute Gasteiger partial charge is 0.508 e. The van der Waals surface area contributed by atoms with E-state index in [2.05, 4.69) is 15.3 Å². The SMILES string of the molecule is Oc1ccc(/C=N/n2cnnc2SCc2ccc(Cl)cc2)cc1. The molecule has 0 bridgehead atoms. The Balaban J connectivity index is 1.67. The van der Waals surface area contributed by atoms with Gasteiger partial charge in [0.15, 0.2) is 0 Å². The van der Waals surface area contributed by atoms with Crippen LogP contribution in [0.1, 0.15) is 11.1 Å². The second-order valence-electron chi connectivity index (χ2n) is 4.71. The Morgan fingerprint density at radius 3 is 2.61 bits per heavy atom. The second kappa shape index (κ2) is 7.30. The van der Waals surface area contributed by atoms with Crippen molar-refractivity contribution in [2.45, 2.75) is 10.9 Å². The first-order valence-corrected chi connectivity index (χ1v) is 8.18. The number of halogens is 1. The predicted octanol–water partition coefficient (Wildman–Crippen LogP) is 3.81. The number of rotatable bonds is 5. The summed E-state index contributed by atoms with van der Waals surface area (Å²) in [7, 11) is 0. The molecule has 3 aromatic rings. The molecule has 0 radical (unpaired) electrons. The van der Waals surface area contributed by atoms with Crippen molar-refractivity contribution in [3.8, 4) is 5.75 Å². The van der Waals surface area contributed by atoms with Crippen LogP contribution in [0.4, 0.5) is 0 Å². The molecule has 0 atom stereocenters. The van der Waals surface area contributed by atoms with Crippen LogP contribution in [0.25, 0.3) is 0 Å². The van der Waals surface area contributed by atoms with Gasteiger partial charge in [-0.25, -0.2) is 0 Å². The Bertz CT molecular complexity index is 800. The maximum Gasteiger partial charge on any atom is 0.212 e. The number of hydrogen-bond acceptors (Lipinski definition) is 5. The van der Waals surface area contributed by atoms with Gasteiger partial charge in [0.1, 0.15) is 12.1 Å². The third-order valence-electron chi connectivity index (χ3n) is 3.01. The molecular weight excluding hydrogens is 332 g/mol. The zero-order valence-electron chi connectivity index (χ0n) is 12.0. The monoisotopic (exact) mass is 344 g/mol. The molecule has 0 spiro atoms. The van der Waals surface area contributed by atoms with Crippen LogP contribution in [-0.4, -0.2) is 26.2 Å². The summed E-state index contributed by atoms with van der Waals surface area (Å²) in [5.74, 6) is 0.982. The van der Waals surface area contributed by atoms with E-state index in [1.165, 1.54) is 0 Å². The average Bonchev–Trinajstić information content (AvgIpc) is 3.01. The van der Waals surface area contributed by atoms with E-state index in [-0.39, 0.29) is 5.75 Å². The van der Waals surface area contributed by atoms with Crippen molar-refractivity contribution in [1.29, 1.82) is 0 Å². The zero-order chi connectivity index (χ0) is 16.1. The van der Waals surface area contributed by atoms with Crippen molar-refractivity contribution in [3.05, 3.63) is 71.0 Å². The number of aromatic hydroxyl groups is 1. The van der Waals surface area contributed by atoms with Gasteiger partial charge >= 0.3 is 0 Å². The van der Waals surface area contributed by atoms with Crippen LogP contribution in [0.15, 0.2) is 65.1 Å². The summed E-state index contributed by atoms with van der Waals surface area (Å²) >= 11 is 7.42. The number of phenols is 1. The lowest BCUT2D eigenvalue weighted by Gasteiger charge is -2.01. The molecule has 0 amide bonds. The lowest BCUT2D eigenvalue weighted by atomic mass is 10.2. The maximum absolute atomic E-state index is 9.27. The first-order chi connectivity index (χ1) is 11.2. The number of nitrogens with zero attached hydrogens (tertiary/aromatic N) is 4. The van der Waals surface area contributed by atoms with Gasteiger partial charge in [-0.1, -0.05) is 35.5 Å². The molecule has 1 heterocycles. The van der Waals surface area contributed by atoms with E-state index in [1.54, 1.807) is 53.2 Å². The molecule has 5 nitrogen and oxygen atoms in total. The Labute approximate surface area is 142 Å². The fourth-order valence-corrected chi connectivity index (χ4v) is 2.76. The smallest absolute Gasteiger partial charge is 0.212 e. The van der Waals surface area contributed by atoms with Gasteiger partial charge in [0.05, 0.1) is 6.21 Å². The first-order valence-electron chi connectivity index (χ1n) is 6.81. The lowest BCUT2D eigenvalue weighted by Crippen LogP contribution is -1.92. The van der Waals surface area contributed by atoms with Crippen LogP contribution < -0.4 is 0 Å². The fraction of sp³-hybridized carbons (Fsp3) is 0.0625. The number of benzene rings is 2. The normalized spacial score (nSPS) is 11.2. The van der Waals surface area contributed by atoms with Gasteiger partial charge in [-0.3, -0.25) is 0 Å². The van der Waals surface area contributed by atoms with Crippen LogP contribution in [0.2, 0.25) is 5.02 Å². The summed E-state index contributed by atoms with van der Waals surface area (Å²) in [5.41, 5.74) is 2.03. The van der Waals surface area contributed by atoms with Gasteiger partial charge in [0, 0.05) is 10.8 Å². The molecule has 1 N–H and O–H groups in total. The van der Waals surface area contributed by atoms with E-state index in [0.717, 1.165) is 21.9 Å². The molecule has 0 fully saturated rings. The molecular formula is C16H13ClN4OS. The number of hydrogen-bond donors (Lipinski definition) is 1. The molecule has 0 aliphatic carbocycles. The van der Waals surface area contributed by atoms with E-state index in [4.69, 9.17) is 11.6 Å². The van der Waals surface area contributed by atoms with Gasteiger partial charge in [0.25, 0.3) is 0 Å². The van der Waals surface area contributed by atoms with Gasteiger partial charge in [-0.05, 0) is 47.5 Å². The van der Waals surface area contributed by atoms with Gasteiger partial charge in [-0.2, -0.15) is 9.78 Å². The summed E-state index contributed by atoms with van der Waals surface area (Å²) < 4.78 is 1.62. The van der Waals surface area contributed by atoms with Crippen molar-refractivity contribution in [3.63, 3.8) is 0 Å². The number of aromatic nitrogens is 3. The predicted molar refractivity (Wildman–Crippen MR) is 92.1 cm³/mol. The van der Waals surface area contributed by atoms with E-state index < -0.39 is 0 Å². The van der Waals surface area contributed by atoms with Gasteiger partial charge in [0.2, 0.25) is 5.16 Å². The van der Waals surface area contributed by atoms with E-state index in [1.807, 2.05) is 24.3 Å². The van der Waals surface area contributed by atoms with Crippen molar-refractivity contribution in [2.75, 3.05) is 0 Å². The summed E-state index contributed by atoms with van der Waals surface area (Å²) in [5, 5.41) is 23.0. The minimum atomic E-state index is 0.227. The van der Waals surface area contributed by atoms with Crippen molar-refractivity contribution >= 4 is 29.6 Å². The second-order valence-corrected chi connectivity index (χ2v) is 6.09. The molecule has 0 unspecified atom stereocenters. The summed E-state index contributed by atoms with van der Waals surface area (Å²) in [4.78, 5) is 0. The summed E-state index contributed by atoms with van der Waals surface area (Å²) in [6.07, 6.45) is 3.25. The standard InChI is InChI=1S/C16H13ClN4OS/c17-14-5-1-13(2-6-14)10-23-16-20-18-11-21(16)19-9-12-3-7-15(22)8-4-12/h1-9,11,22H,10H2/b19-9+. The van der Waals surface area contributed by atoms with Crippen molar-refractivity contribution in [2.24, 2.45) is 5.10 Å². The van der Waals surface area contributed by atoms with Gasteiger partial charge in [-0.15, -0.1) is 10.2 Å². The molecule has 0 saturated heterocycles. The highest BCUT2D eigenvalue weighted by Crippen LogP contribution is 2.21. The maximum atomic E-state index is 9.27. The summed E-state index contributed by atoms with van der Waals surface area (Å²) in [6, 6.07) is 14.5. The molecule has 2 aromatic carbocycles. The topological polar surface area (TPSA) is 63.3 Å². The van der Waals surface area contributed by atoms with E-state index >= 15 is 0 Å². The molecule has 0 saturated carbocycles. The lowest BCUT2D eigenvalue weighted by molar-refractivity contribution is 0.475. The van der Waals surface area contributed by atoms with Crippen LogP contribution >= 0.6 is 23.4 Å². The Hall–Kier alpha value is -2.31. The Morgan fingerprint density at radius 2 is 1.87 bits per heavy atom. The molecule has 1 aromatic heterocycles. The van der Waals surface area contributed by atoms with Crippen LogP contribution in [-0.2, 0) is 5.75 Å². The average molecular weight is 345 g/mol. The highest BCUT2D eigenvalue weighted by atomic mass is 35.5. The van der Waals surface area contributed by atoms with E-state index in [0.29, 0.717) is 5.16 Å². The molecule has 23 heavy (non-hydrogen) atoms. The van der Waals surface area contributed by atoms with Crippen molar-refractivity contribution in [1.82, 2.24) is 14.9 Å². The van der Waals surface area contributed by atoms with Crippen LogP contribution in [0, 0.1) is 0 Å². The summed E-state index contributed by atoms with van der Waals surface area (Å²) in [6.45, 7) is 0. The minimum Gasteiger partial charge on any atom is -0.508 e. The highest BCUT2D eigenvalue weighted by molar-refractivity contribution is 7.98. The Morgan fingerprint density at radius 1 is 1.13 bits per heavy atom. The molecule has 3 rings (SSSR count). The Kier molecular flexibility index (Phi) is 4.95. The van der Waals surface area contributed by atoms with Gasteiger partial charge < -0.3 is 5.11 Å². The first kappa shape index (κ1) is 15.6. The molecule has 7 heteroatoms. The van der Waals surface area contributed by atoms with Crippen LogP contribution in [0.3, 0.4) is 0 Å². The minimum absolute atomic E-state index is 0.227. The highest BCUT2D eigenvalue weighted by Gasteiger charge is 2.04. The third-order valence-corrected chi connectivity index (χ3v) is 4.26. The number of phenolic OH excluding ortho intramolecular Hbond substituents is 1. The fourth-order valence-electron chi connectivity index (χ4n) is 1.81. The van der Waals surface area contributed by atoms with E-state index in [9.17, 15) is 5.11 Å².